The lowest BCUT2D eigenvalue weighted by atomic mass is 10.1. The predicted octanol–water partition coefficient (Wildman–Crippen LogP) is 3.20. The molecule has 5 heteroatoms. The summed E-state index contributed by atoms with van der Waals surface area (Å²) >= 11 is 0. The van der Waals surface area contributed by atoms with Crippen LogP contribution in [0.5, 0.6) is 0 Å². The number of hydrogen-bond acceptors (Lipinski definition) is 5. The first-order valence-corrected chi connectivity index (χ1v) is 8.09. The van der Waals surface area contributed by atoms with Gasteiger partial charge in [0, 0.05) is 30.7 Å². The van der Waals surface area contributed by atoms with Gasteiger partial charge in [0.15, 0.2) is 5.82 Å². The van der Waals surface area contributed by atoms with Crippen LogP contribution in [-0.4, -0.2) is 27.1 Å². The first kappa shape index (κ1) is 14.3. The van der Waals surface area contributed by atoms with Crippen molar-refractivity contribution in [3.63, 3.8) is 0 Å². The zero-order valence-electron chi connectivity index (χ0n) is 13.3. The van der Waals surface area contributed by atoms with Crippen molar-refractivity contribution in [2.45, 2.75) is 32.4 Å². The van der Waals surface area contributed by atoms with E-state index < -0.39 is 0 Å². The summed E-state index contributed by atoms with van der Waals surface area (Å²) < 4.78 is 5.38. The maximum Gasteiger partial charge on any atom is 0.240 e. The molecule has 0 spiro atoms. The summed E-state index contributed by atoms with van der Waals surface area (Å²) in [6.07, 6.45) is 7.32. The molecule has 118 valence electrons. The Bertz CT molecular complexity index is 804. The average Bonchev–Trinajstić information content (AvgIpc) is 3.26. The molecule has 1 aromatic carbocycles. The van der Waals surface area contributed by atoms with Gasteiger partial charge in [0.2, 0.25) is 5.89 Å². The largest absolute Gasteiger partial charge is 0.338 e. The van der Waals surface area contributed by atoms with Gasteiger partial charge in [-0.2, -0.15) is 4.98 Å². The molecule has 0 saturated heterocycles. The van der Waals surface area contributed by atoms with Crippen molar-refractivity contribution in [2.24, 2.45) is 5.92 Å². The van der Waals surface area contributed by atoms with Gasteiger partial charge < -0.3 is 4.52 Å². The molecule has 0 amide bonds. The van der Waals surface area contributed by atoms with Crippen LogP contribution in [0.25, 0.3) is 10.8 Å². The van der Waals surface area contributed by atoms with Gasteiger partial charge in [-0.05, 0) is 42.8 Å². The van der Waals surface area contributed by atoms with Crippen molar-refractivity contribution < 1.29 is 4.52 Å². The second kappa shape index (κ2) is 6.08. The highest BCUT2D eigenvalue weighted by molar-refractivity contribution is 5.84. The molecule has 1 fully saturated rings. The zero-order valence-corrected chi connectivity index (χ0v) is 13.3. The molecule has 5 nitrogen and oxygen atoms in total. The summed E-state index contributed by atoms with van der Waals surface area (Å²) in [6, 6.07) is 8.39. The molecule has 4 rings (SSSR count). The van der Waals surface area contributed by atoms with Crippen molar-refractivity contribution in [1.82, 2.24) is 20.0 Å². The van der Waals surface area contributed by atoms with Gasteiger partial charge in [-0.1, -0.05) is 23.4 Å². The van der Waals surface area contributed by atoms with Crippen LogP contribution in [0.4, 0.5) is 0 Å². The Hall–Kier alpha value is -2.27. The van der Waals surface area contributed by atoms with E-state index in [2.05, 4.69) is 51.3 Å². The molecule has 23 heavy (non-hydrogen) atoms. The van der Waals surface area contributed by atoms with E-state index in [1.54, 1.807) is 0 Å². The minimum atomic E-state index is 0.666. The van der Waals surface area contributed by atoms with Crippen LogP contribution in [0, 0.1) is 5.92 Å². The fourth-order valence-corrected chi connectivity index (χ4v) is 2.92. The fourth-order valence-electron chi connectivity index (χ4n) is 2.92. The van der Waals surface area contributed by atoms with Crippen molar-refractivity contribution in [3.05, 3.63) is 53.9 Å². The molecule has 1 aliphatic carbocycles. The number of rotatable bonds is 6. The SMILES string of the molecule is CN(Cc1nc(CC2CC2)no1)Cc1cccc2cnccc12. The summed E-state index contributed by atoms with van der Waals surface area (Å²) in [5, 5.41) is 6.50. The molecule has 2 aromatic heterocycles. The minimum absolute atomic E-state index is 0.666. The third-order valence-corrected chi connectivity index (χ3v) is 4.29. The Labute approximate surface area is 135 Å². The number of aromatic nitrogens is 3. The molecule has 1 saturated carbocycles. The molecule has 0 radical (unpaired) electrons. The first-order valence-electron chi connectivity index (χ1n) is 8.09. The van der Waals surface area contributed by atoms with Crippen LogP contribution in [0.3, 0.4) is 0 Å². The number of hydrogen-bond donors (Lipinski definition) is 0. The number of benzene rings is 1. The maximum absolute atomic E-state index is 5.38. The van der Waals surface area contributed by atoms with Crippen molar-refractivity contribution in [1.29, 1.82) is 0 Å². The summed E-state index contributed by atoms with van der Waals surface area (Å²) in [4.78, 5) is 10.9. The lowest BCUT2D eigenvalue weighted by Gasteiger charge is -2.15. The van der Waals surface area contributed by atoms with Crippen LogP contribution in [0.2, 0.25) is 0 Å². The molecule has 0 N–H and O–H groups in total. The van der Waals surface area contributed by atoms with E-state index in [0.717, 1.165) is 24.7 Å². The molecule has 1 aliphatic rings. The third kappa shape index (κ3) is 3.40. The summed E-state index contributed by atoms with van der Waals surface area (Å²) in [6.45, 7) is 1.50. The van der Waals surface area contributed by atoms with Gasteiger partial charge in [0.25, 0.3) is 0 Å². The molecule has 0 aliphatic heterocycles. The molecule has 0 atom stereocenters. The minimum Gasteiger partial charge on any atom is -0.338 e. The van der Waals surface area contributed by atoms with E-state index in [1.807, 2.05) is 12.4 Å². The number of pyridine rings is 1. The highest BCUT2D eigenvalue weighted by atomic mass is 16.5. The maximum atomic E-state index is 5.38. The highest BCUT2D eigenvalue weighted by Gasteiger charge is 2.24. The Morgan fingerprint density at radius 1 is 1.22 bits per heavy atom. The lowest BCUT2D eigenvalue weighted by molar-refractivity contribution is 0.261. The van der Waals surface area contributed by atoms with Gasteiger partial charge >= 0.3 is 0 Å². The van der Waals surface area contributed by atoms with Crippen molar-refractivity contribution in [3.8, 4) is 0 Å². The smallest absolute Gasteiger partial charge is 0.240 e. The van der Waals surface area contributed by atoms with Gasteiger partial charge in [0.1, 0.15) is 0 Å². The average molecular weight is 308 g/mol. The molecule has 0 bridgehead atoms. The van der Waals surface area contributed by atoms with E-state index in [-0.39, 0.29) is 0 Å². The van der Waals surface area contributed by atoms with Crippen LogP contribution in [0.1, 0.15) is 30.1 Å². The summed E-state index contributed by atoms with van der Waals surface area (Å²) in [7, 11) is 2.07. The van der Waals surface area contributed by atoms with Gasteiger partial charge in [0.05, 0.1) is 6.54 Å². The number of fused-ring (bicyclic) bond motifs is 1. The molecular formula is C18H20N4O. The van der Waals surface area contributed by atoms with E-state index >= 15 is 0 Å². The highest BCUT2D eigenvalue weighted by Crippen LogP contribution is 2.31. The monoisotopic (exact) mass is 308 g/mol. The third-order valence-electron chi connectivity index (χ3n) is 4.29. The van der Waals surface area contributed by atoms with E-state index in [9.17, 15) is 0 Å². The van der Waals surface area contributed by atoms with Crippen molar-refractivity contribution in [2.75, 3.05) is 7.05 Å². The summed E-state index contributed by atoms with van der Waals surface area (Å²) in [5.74, 6) is 2.33. The lowest BCUT2D eigenvalue weighted by Crippen LogP contribution is -2.17. The van der Waals surface area contributed by atoms with Gasteiger partial charge in [-0.25, -0.2) is 0 Å². The van der Waals surface area contributed by atoms with Gasteiger partial charge in [-0.3, -0.25) is 9.88 Å². The molecular weight excluding hydrogens is 288 g/mol. The molecule has 3 aromatic rings. The van der Waals surface area contributed by atoms with Crippen LogP contribution in [-0.2, 0) is 19.5 Å². The second-order valence-electron chi connectivity index (χ2n) is 6.44. The van der Waals surface area contributed by atoms with Crippen LogP contribution >= 0.6 is 0 Å². The Kier molecular flexibility index (Phi) is 3.79. The molecule has 0 unspecified atom stereocenters. The standard InChI is InChI=1S/C18H20N4O/c1-22(12-18-20-17(21-23-18)9-13-5-6-13)11-15-4-2-3-14-10-19-8-7-16(14)15/h2-4,7-8,10,13H,5-6,9,11-12H2,1H3. The van der Waals surface area contributed by atoms with E-state index in [0.29, 0.717) is 12.4 Å². The van der Waals surface area contributed by atoms with E-state index in [4.69, 9.17) is 4.52 Å². The first-order chi connectivity index (χ1) is 11.3. The Morgan fingerprint density at radius 2 is 2.13 bits per heavy atom. The topological polar surface area (TPSA) is 55.1 Å². The summed E-state index contributed by atoms with van der Waals surface area (Å²) in [5.41, 5.74) is 1.28. The van der Waals surface area contributed by atoms with Crippen LogP contribution in [0.15, 0.2) is 41.2 Å². The van der Waals surface area contributed by atoms with E-state index in [1.165, 1.54) is 29.2 Å². The van der Waals surface area contributed by atoms with Gasteiger partial charge in [-0.15, -0.1) is 0 Å². The van der Waals surface area contributed by atoms with Crippen LogP contribution < -0.4 is 0 Å². The number of nitrogens with zero attached hydrogens (tertiary/aromatic N) is 4. The predicted molar refractivity (Wildman–Crippen MR) is 87.6 cm³/mol. The molecule has 2 heterocycles. The quantitative estimate of drug-likeness (QED) is 0.700. The second-order valence-corrected chi connectivity index (χ2v) is 6.44. The zero-order chi connectivity index (χ0) is 15.6. The normalized spacial score (nSPS) is 14.7. The fraction of sp³-hybridized carbons (Fsp3) is 0.389. The Morgan fingerprint density at radius 3 is 3.00 bits per heavy atom. The Balaban J connectivity index is 1.44. The van der Waals surface area contributed by atoms with Crippen molar-refractivity contribution >= 4 is 10.8 Å².